The van der Waals surface area contributed by atoms with Crippen LogP contribution in [0.15, 0.2) is 77.6 Å². The zero-order chi connectivity index (χ0) is 22.5. The predicted octanol–water partition coefficient (Wildman–Crippen LogP) is 4.11. The number of anilines is 2. The Hall–Kier alpha value is -4.33. The normalized spacial score (nSPS) is 10.6. The summed E-state index contributed by atoms with van der Waals surface area (Å²) in [5.74, 6) is 1.54. The minimum atomic E-state index is -0.510. The summed E-state index contributed by atoms with van der Waals surface area (Å²) in [7, 11) is 3.11. The van der Waals surface area contributed by atoms with E-state index in [0.717, 1.165) is 5.56 Å². The van der Waals surface area contributed by atoms with Crippen LogP contribution in [-0.2, 0) is 6.54 Å². The van der Waals surface area contributed by atoms with Gasteiger partial charge in [0.25, 0.3) is 0 Å². The largest absolute Gasteiger partial charge is 0.497 e. The monoisotopic (exact) mass is 430 g/mol. The second-order valence-corrected chi connectivity index (χ2v) is 6.98. The molecule has 0 fully saturated rings. The Labute approximate surface area is 184 Å². The molecule has 2 N–H and O–H groups in total. The van der Waals surface area contributed by atoms with E-state index in [4.69, 9.17) is 9.47 Å². The second kappa shape index (κ2) is 9.22. The Morgan fingerprint density at radius 2 is 1.72 bits per heavy atom. The van der Waals surface area contributed by atoms with E-state index in [1.165, 1.54) is 11.7 Å². The topological polar surface area (TPSA) is 94.5 Å². The number of methoxy groups -OCH3 is 2. The smallest absolute Gasteiger partial charge is 0.350 e. The van der Waals surface area contributed by atoms with Gasteiger partial charge in [0.05, 0.1) is 32.0 Å². The summed E-state index contributed by atoms with van der Waals surface area (Å²) in [4.78, 5) is 29.9. The molecule has 0 aliphatic rings. The molecule has 0 saturated carbocycles. The number of benzene rings is 3. The Balaban J connectivity index is 1.73. The molecule has 4 rings (SSSR count). The molecule has 2 amide bonds. The van der Waals surface area contributed by atoms with Crippen molar-refractivity contribution < 1.29 is 14.3 Å². The van der Waals surface area contributed by atoms with E-state index in [-0.39, 0.29) is 6.54 Å². The number of hydrogen-bond acceptors (Lipinski definition) is 5. The van der Waals surface area contributed by atoms with Crippen molar-refractivity contribution in [3.8, 4) is 11.5 Å². The van der Waals surface area contributed by atoms with Gasteiger partial charge < -0.3 is 14.8 Å². The molecule has 0 bridgehead atoms. The van der Waals surface area contributed by atoms with Crippen LogP contribution >= 0.6 is 0 Å². The first kappa shape index (κ1) is 20.9. The summed E-state index contributed by atoms with van der Waals surface area (Å²) < 4.78 is 12.0. The summed E-state index contributed by atoms with van der Waals surface area (Å²) in [6.45, 7) is 0.206. The zero-order valence-corrected chi connectivity index (χ0v) is 17.7. The Morgan fingerprint density at radius 1 is 0.938 bits per heavy atom. The fourth-order valence-corrected chi connectivity index (χ4v) is 3.42. The molecule has 1 aromatic heterocycles. The highest BCUT2D eigenvalue weighted by atomic mass is 16.5. The first-order valence-electron chi connectivity index (χ1n) is 9.92. The van der Waals surface area contributed by atoms with E-state index < -0.39 is 11.7 Å². The van der Waals surface area contributed by atoms with Gasteiger partial charge in [0, 0.05) is 5.39 Å². The first-order chi connectivity index (χ1) is 15.6. The van der Waals surface area contributed by atoms with Gasteiger partial charge in [-0.2, -0.15) is 4.98 Å². The van der Waals surface area contributed by atoms with Crippen molar-refractivity contribution in [2.45, 2.75) is 6.54 Å². The number of carbonyl (C=O) groups excluding carboxylic acids is 1. The number of carbonyl (C=O) groups is 1. The molecule has 4 aromatic rings. The Kier molecular flexibility index (Phi) is 6.03. The molecular weight excluding hydrogens is 408 g/mol. The highest BCUT2D eigenvalue weighted by Gasteiger charge is 2.16. The molecule has 0 aliphatic heterocycles. The SMILES string of the molecule is COc1cccc(Cn2c(NC(=O)Nc3ccccc3OC)c3ccccc3nc2=O)c1. The highest BCUT2D eigenvalue weighted by Crippen LogP contribution is 2.25. The van der Waals surface area contributed by atoms with Gasteiger partial charge >= 0.3 is 11.7 Å². The van der Waals surface area contributed by atoms with Crippen LogP contribution in [-0.4, -0.2) is 29.8 Å². The molecule has 8 heteroatoms. The highest BCUT2D eigenvalue weighted by molar-refractivity contribution is 6.04. The maximum atomic E-state index is 12.9. The fraction of sp³-hybridized carbons (Fsp3) is 0.125. The van der Waals surface area contributed by atoms with Gasteiger partial charge in [-0.3, -0.25) is 9.88 Å². The average molecular weight is 430 g/mol. The third kappa shape index (κ3) is 4.39. The van der Waals surface area contributed by atoms with Crippen LogP contribution in [0.3, 0.4) is 0 Å². The molecule has 0 unspecified atom stereocenters. The lowest BCUT2D eigenvalue weighted by Gasteiger charge is -2.17. The molecule has 0 spiro atoms. The van der Waals surface area contributed by atoms with E-state index in [0.29, 0.717) is 33.9 Å². The first-order valence-corrected chi connectivity index (χ1v) is 9.92. The van der Waals surface area contributed by atoms with Crippen LogP contribution in [0.25, 0.3) is 10.9 Å². The van der Waals surface area contributed by atoms with Gasteiger partial charge in [-0.1, -0.05) is 36.4 Å². The number of hydrogen-bond donors (Lipinski definition) is 2. The van der Waals surface area contributed by atoms with Gasteiger partial charge in [-0.05, 0) is 42.0 Å². The quantitative estimate of drug-likeness (QED) is 0.480. The number of para-hydroxylation sites is 3. The van der Waals surface area contributed by atoms with Gasteiger partial charge in [-0.15, -0.1) is 0 Å². The molecule has 162 valence electrons. The number of rotatable bonds is 6. The third-order valence-corrected chi connectivity index (χ3v) is 4.94. The molecule has 0 aliphatic carbocycles. The number of fused-ring (bicyclic) bond motifs is 1. The van der Waals surface area contributed by atoms with Crippen LogP contribution in [0.2, 0.25) is 0 Å². The predicted molar refractivity (Wildman–Crippen MR) is 124 cm³/mol. The van der Waals surface area contributed by atoms with Crippen LogP contribution in [0, 0.1) is 0 Å². The van der Waals surface area contributed by atoms with Crippen LogP contribution < -0.4 is 25.8 Å². The van der Waals surface area contributed by atoms with E-state index in [2.05, 4.69) is 15.6 Å². The van der Waals surface area contributed by atoms with Crippen molar-refractivity contribution in [1.29, 1.82) is 0 Å². The van der Waals surface area contributed by atoms with Crippen molar-refractivity contribution in [2.24, 2.45) is 0 Å². The third-order valence-electron chi connectivity index (χ3n) is 4.94. The van der Waals surface area contributed by atoms with Crippen molar-refractivity contribution >= 4 is 28.4 Å². The molecule has 0 radical (unpaired) electrons. The average Bonchev–Trinajstić information content (AvgIpc) is 2.81. The van der Waals surface area contributed by atoms with Gasteiger partial charge in [0.2, 0.25) is 0 Å². The number of nitrogens with zero attached hydrogens (tertiary/aromatic N) is 2. The molecule has 0 saturated heterocycles. The Morgan fingerprint density at radius 3 is 2.53 bits per heavy atom. The maximum absolute atomic E-state index is 12.9. The van der Waals surface area contributed by atoms with Crippen molar-refractivity contribution in [2.75, 3.05) is 24.9 Å². The van der Waals surface area contributed by atoms with E-state index in [1.54, 1.807) is 37.4 Å². The lowest BCUT2D eigenvalue weighted by Crippen LogP contribution is -2.30. The maximum Gasteiger partial charge on any atom is 0.350 e. The van der Waals surface area contributed by atoms with Crippen LogP contribution in [0.4, 0.5) is 16.3 Å². The lowest BCUT2D eigenvalue weighted by molar-refractivity contribution is 0.262. The zero-order valence-electron chi connectivity index (χ0n) is 17.7. The molecule has 32 heavy (non-hydrogen) atoms. The minimum Gasteiger partial charge on any atom is -0.497 e. The lowest BCUT2D eigenvalue weighted by atomic mass is 10.2. The summed E-state index contributed by atoms with van der Waals surface area (Å²) in [6.07, 6.45) is 0. The second-order valence-electron chi connectivity index (χ2n) is 6.98. The van der Waals surface area contributed by atoms with Crippen molar-refractivity contribution in [1.82, 2.24) is 9.55 Å². The number of amides is 2. The summed E-state index contributed by atoms with van der Waals surface area (Å²) in [5.41, 5.74) is 1.36. The van der Waals surface area contributed by atoms with Crippen molar-refractivity contribution in [3.63, 3.8) is 0 Å². The summed E-state index contributed by atoms with van der Waals surface area (Å²) >= 11 is 0. The molecule has 1 heterocycles. The Bertz CT molecular complexity index is 1330. The number of aromatic nitrogens is 2. The summed E-state index contributed by atoms with van der Waals surface area (Å²) in [5, 5.41) is 6.25. The molecule has 8 nitrogen and oxygen atoms in total. The molecule has 3 aromatic carbocycles. The number of urea groups is 1. The van der Waals surface area contributed by atoms with Gasteiger partial charge in [0.1, 0.15) is 17.3 Å². The van der Waals surface area contributed by atoms with E-state index >= 15 is 0 Å². The number of nitrogens with one attached hydrogen (secondary N) is 2. The minimum absolute atomic E-state index is 0.206. The van der Waals surface area contributed by atoms with Crippen LogP contribution in [0.5, 0.6) is 11.5 Å². The summed E-state index contributed by atoms with van der Waals surface area (Å²) in [6, 6.07) is 21.1. The number of ether oxygens (including phenoxy) is 2. The van der Waals surface area contributed by atoms with E-state index in [9.17, 15) is 9.59 Å². The van der Waals surface area contributed by atoms with Gasteiger partial charge in [-0.25, -0.2) is 9.59 Å². The van der Waals surface area contributed by atoms with Crippen LogP contribution in [0.1, 0.15) is 5.56 Å². The van der Waals surface area contributed by atoms with Crippen molar-refractivity contribution in [3.05, 3.63) is 88.8 Å². The standard InChI is InChI=1S/C24H22N4O4/c1-31-17-9-7-8-16(14-17)15-28-22(18-10-3-4-11-19(18)26-24(28)30)27-23(29)25-20-12-5-6-13-21(20)32-2/h3-14H,15H2,1-2H3,(H2,25,27,29). The van der Waals surface area contributed by atoms with E-state index in [1.807, 2.05) is 42.5 Å². The van der Waals surface area contributed by atoms with Gasteiger partial charge in [0.15, 0.2) is 0 Å². The molecular formula is C24H22N4O4. The molecule has 0 atom stereocenters. The fourth-order valence-electron chi connectivity index (χ4n) is 3.42.